The Morgan fingerprint density at radius 2 is 1.40 bits per heavy atom. The van der Waals surface area contributed by atoms with Gasteiger partial charge >= 0.3 is 0 Å². The molecule has 3 heteroatoms. The van der Waals surface area contributed by atoms with Crippen molar-refractivity contribution in [3.63, 3.8) is 0 Å². The number of hydrogen-bond acceptors (Lipinski definition) is 2. The molecule has 0 aromatic rings. The molecule has 2 amide bonds. The van der Waals surface area contributed by atoms with E-state index < -0.39 is 0 Å². The van der Waals surface area contributed by atoms with Crippen LogP contribution >= 0.6 is 0 Å². The average Bonchev–Trinajstić information content (AvgIpc) is 1.59. The molecule has 0 unspecified atom stereocenters. The molecule has 0 N–H and O–H groups in total. The minimum Gasteiger partial charge on any atom is -0.281 e. The van der Waals surface area contributed by atoms with Crippen molar-refractivity contribution in [2.45, 2.75) is 33.7 Å². The fourth-order valence-electron chi connectivity index (χ4n) is 0.949. The Labute approximate surface area is 61.0 Å². The number of amides is 2. The van der Waals surface area contributed by atoms with Crippen molar-refractivity contribution in [2.75, 3.05) is 0 Å². The lowest BCUT2D eigenvalue weighted by Crippen LogP contribution is -2.38. The Bertz CT molecular complexity index is 138. The zero-order valence-corrected chi connectivity index (χ0v) is 6.84. The summed E-state index contributed by atoms with van der Waals surface area (Å²) in [4.78, 5) is 22.7. The molecule has 0 bridgehead atoms. The number of nitrogens with zero attached hydrogens (tertiary/aromatic N) is 1. The number of carbonyl (C=O) groups is 2. The molecular formula is C7H13NO2. The van der Waals surface area contributed by atoms with Crippen LogP contribution in [0, 0.1) is 0 Å². The summed E-state index contributed by atoms with van der Waals surface area (Å²) in [6, 6.07) is -0.0324. The highest BCUT2D eigenvalue weighted by Crippen LogP contribution is 1.98. The van der Waals surface area contributed by atoms with Gasteiger partial charge in [-0.05, 0) is 13.8 Å². The Balaban J connectivity index is 4.27. The third-order valence-corrected chi connectivity index (χ3v) is 1.19. The van der Waals surface area contributed by atoms with Crippen LogP contribution < -0.4 is 0 Å². The van der Waals surface area contributed by atoms with Crippen molar-refractivity contribution in [1.29, 1.82) is 0 Å². The first kappa shape index (κ1) is 9.14. The van der Waals surface area contributed by atoms with E-state index in [9.17, 15) is 9.59 Å². The lowest BCUT2D eigenvalue weighted by molar-refractivity contribution is -0.144. The van der Waals surface area contributed by atoms with Crippen LogP contribution in [0.2, 0.25) is 0 Å². The van der Waals surface area contributed by atoms with Gasteiger partial charge in [-0.2, -0.15) is 0 Å². The molecule has 0 aliphatic heterocycles. The van der Waals surface area contributed by atoms with E-state index in [-0.39, 0.29) is 17.9 Å². The fraction of sp³-hybridized carbons (Fsp3) is 0.714. The minimum absolute atomic E-state index is 0.0324. The molecule has 0 heterocycles. The molecule has 58 valence electrons. The van der Waals surface area contributed by atoms with E-state index in [1.807, 2.05) is 13.8 Å². The lowest BCUT2D eigenvalue weighted by atomic mass is 10.3. The van der Waals surface area contributed by atoms with E-state index in [1.54, 1.807) is 0 Å². The quantitative estimate of drug-likeness (QED) is 0.544. The molecule has 3 nitrogen and oxygen atoms in total. The van der Waals surface area contributed by atoms with Gasteiger partial charge in [0.1, 0.15) is 0 Å². The van der Waals surface area contributed by atoms with Gasteiger partial charge in [0.15, 0.2) is 0 Å². The largest absolute Gasteiger partial charge is 0.281 e. The summed E-state index contributed by atoms with van der Waals surface area (Å²) in [5, 5.41) is 0. The van der Waals surface area contributed by atoms with E-state index in [4.69, 9.17) is 0 Å². The SMILES string of the molecule is CC(=O)N(C(C)=O)C(C)C. The second-order valence-electron chi connectivity index (χ2n) is 2.50. The van der Waals surface area contributed by atoms with Crippen molar-refractivity contribution >= 4 is 11.8 Å². The van der Waals surface area contributed by atoms with Crippen LogP contribution in [0.1, 0.15) is 27.7 Å². The smallest absolute Gasteiger partial charge is 0.226 e. The molecule has 10 heavy (non-hydrogen) atoms. The number of rotatable bonds is 1. The maximum Gasteiger partial charge on any atom is 0.226 e. The molecule has 0 saturated carbocycles. The van der Waals surface area contributed by atoms with Crippen molar-refractivity contribution < 1.29 is 9.59 Å². The Morgan fingerprint density at radius 1 is 1.10 bits per heavy atom. The number of imide groups is 1. The van der Waals surface area contributed by atoms with Gasteiger partial charge < -0.3 is 0 Å². The third kappa shape index (κ3) is 2.17. The molecule has 0 saturated heterocycles. The Hall–Kier alpha value is -0.860. The van der Waals surface area contributed by atoms with Crippen molar-refractivity contribution in [3.05, 3.63) is 0 Å². The van der Waals surface area contributed by atoms with Gasteiger partial charge in [0.05, 0.1) is 0 Å². The molecular weight excluding hydrogens is 130 g/mol. The standard InChI is InChI=1S/C7H13NO2/c1-5(2)8(6(3)9)7(4)10/h5H,1-4H3. The van der Waals surface area contributed by atoms with Crippen LogP contribution in [0.15, 0.2) is 0 Å². The molecule has 0 aromatic carbocycles. The Kier molecular flexibility index (Phi) is 3.06. The predicted octanol–water partition coefficient (Wildman–Crippen LogP) is 0.790. The van der Waals surface area contributed by atoms with E-state index in [0.717, 1.165) is 0 Å². The molecule has 0 rings (SSSR count). The van der Waals surface area contributed by atoms with Crippen molar-refractivity contribution in [1.82, 2.24) is 4.90 Å². The van der Waals surface area contributed by atoms with Crippen LogP contribution in [0.5, 0.6) is 0 Å². The van der Waals surface area contributed by atoms with Crippen molar-refractivity contribution in [2.24, 2.45) is 0 Å². The lowest BCUT2D eigenvalue weighted by Gasteiger charge is -2.20. The first-order valence-corrected chi connectivity index (χ1v) is 3.27. The summed E-state index contributed by atoms with van der Waals surface area (Å²) in [6.45, 7) is 6.40. The molecule has 0 fully saturated rings. The molecule has 0 atom stereocenters. The van der Waals surface area contributed by atoms with E-state index in [2.05, 4.69) is 0 Å². The maximum absolute atomic E-state index is 10.7. The van der Waals surface area contributed by atoms with Crippen LogP contribution in [-0.2, 0) is 9.59 Å². The van der Waals surface area contributed by atoms with Crippen LogP contribution in [0.4, 0.5) is 0 Å². The Morgan fingerprint density at radius 3 is 1.40 bits per heavy atom. The second kappa shape index (κ2) is 3.34. The molecule has 0 spiro atoms. The monoisotopic (exact) mass is 143 g/mol. The highest BCUT2D eigenvalue weighted by Gasteiger charge is 2.15. The summed E-state index contributed by atoms with van der Waals surface area (Å²) >= 11 is 0. The summed E-state index contributed by atoms with van der Waals surface area (Å²) < 4.78 is 0. The average molecular weight is 143 g/mol. The van der Waals surface area contributed by atoms with Gasteiger partial charge in [-0.1, -0.05) is 0 Å². The summed E-state index contributed by atoms with van der Waals surface area (Å²) in [7, 11) is 0. The van der Waals surface area contributed by atoms with Gasteiger partial charge in [0.25, 0.3) is 0 Å². The first-order valence-electron chi connectivity index (χ1n) is 3.27. The van der Waals surface area contributed by atoms with Gasteiger partial charge in [0.2, 0.25) is 11.8 Å². The van der Waals surface area contributed by atoms with Gasteiger partial charge in [-0.25, -0.2) is 0 Å². The van der Waals surface area contributed by atoms with E-state index in [0.29, 0.717) is 0 Å². The van der Waals surface area contributed by atoms with Gasteiger partial charge in [-0.3, -0.25) is 14.5 Å². The highest BCUT2D eigenvalue weighted by molar-refractivity contribution is 5.93. The summed E-state index contributed by atoms with van der Waals surface area (Å²) in [5.41, 5.74) is 0. The number of carbonyl (C=O) groups excluding carboxylic acids is 2. The second-order valence-corrected chi connectivity index (χ2v) is 2.50. The van der Waals surface area contributed by atoms with Gasteiger partial charge in [-0.15, -0.1) is 0 Å². The molecule has 0 radical (unpaired) electrons. The zero-order chi connectivity index (χ0) is 8.31. The molecule has 0 aliphatic rings. The zero-order valence-electron chi connectivity index (χ0n) is 6.84. The van der Waals surface area contributed by atoms with Crippen LogP contribution in [0.25, 0.3) is 0 Å². The van der Waals surface area contributed by atoms with E-state index in [1.165, 1.54) is 18.7 Å². The maximum atomic E-state index is 10.7. The highest BCUT2D eigenvalue weighted by atomic mass is 16.2. The van der Waals surface area contributed by atoms with Crippen LogP contribution in [-0.4, -0.2) is 22.8 Å². The summed E-state index contributed by atoms with van der Waals surface area (Å²) in [6.07, 6.45) is 0. The number of hydrogen-bond donors (Lipinski definition) is 0. The van der Waals surface area contributed by atoms with E-state index >= 15 is 0 Å². The topological polar surface area (TPSA) is 37.4 Å². The minimum atomic E-state index is -0.192. The van der Waals surface area contributed by atoms with Crippen LogP contribution in [0.3, 0.4) is 0 Å². The first-order chi connectivity index (χ1) is 4.46. The van der Waals surface area contributed by atoms with Crippen molar-refractivity contribution in [3.8, 4) is 0 Å². The predicted molar refractivity (Wildman–Crippen MR) is 38.3 cm³/mol. The summed E-state index contributed by atoms with van der Waals surface area (Å²) in [5.74, 6) is -0.384. The van der Waals surface area contributed by atoms with Gasteiger partial charge in [0, 0.05) is 19.9 Å². The third-order valence-electron chi connectivity index (χ3n) is 1.19. The fourth-order valence-corrected chi connectivity index (χ4v) is 0.949. The molecule has 0 aliphatic carbocycles. The molecule has 0 aromatic heterocycles. The normalized spacial score (nSPS) is 9.70.